The summed E-state index contributed by atoms with van der Waals surface area (Å²) >= 11 is 0. The molecular formula is C9H14N2. The van der Waals surface area contributed by atoms with Gasteiger partial charge in [0.1, 0.15) is 0 Å². The van der Waals surface area contributed by atoms with E-state index < -0.39 is 0 Å². The normalized spacial score (nSPS) is 12.1. The summed E-state index contributed by atoms with van der Waals surface area (Å²) < 4.78 is 0. The highest BCUT2D eigenvalue weighted by Crippen LogP contribution is 2.02. The van der Waals surface area contributed by atoms with Crippen LogP contribution in [0.2, 0.25) is 0 Å². The highest BCUT2D eigenvalue weighted by molar-refractivity contribution is 4.95. The molecule has 1 atom stereocenters. The van der Waals surface area contributed by atoms with Crippen LogP contribution in [-0.2, 0) is 0 Å². The number of nitrogens with one attached hydrogen (secondary N) is 1. The summed E-state index contributed by atoms with van der Waals surface area (Å²) in [6.07, 6.45) is 5.90. The molecular weight excluding hydrogens is 136 g/mol. The number of nitrogens with zero attached hydrogens (tertiary/aromatic N) is 1. The van der Waals surface area contributed by atoms with E-state index in [9.17, 15) is 0 Å². The highest BCUT2D eigenvalue weighted by Gasteiger charge is 2.06. The lowest BCUT2D eigenvalue weighted by molar-refractivity contribution is 0.496. The maximum atomic E-state index is 8.62. The third-order valence-electron chi connectivity index (χ3n) is 1.31. The van der Waals surface area contributed by atoms with Crippen molar-refractivity contribution in [2.75, 3.05) is 6.54 Å². The van der Waals surface area contributed by atoms with Gasteiger partial charge in [-0.15, -0.1) is 6.42 Å². The van der Waals surface area contributed by atoms with Crippen molar-refractivity contribution >= 4 is 0 Å². The average molecular weight is 150 g/mol. The van der Waals surface area contributed by atoms with Crippen molar-refractivity contribution in [1.82, 2.24) is 5.32 Å². The Kier molecular flexibility index (Phi) is 5.25. The maximum Gasteiger partial charge on any atom is 0.0962 e. The lowest BCUT2D eigenvalue weighted by Gasteiger charge is -2.10. The molecule has 2 nitrogen and oxygen atoms in total. The summed E-state index contributed by atoms with van der Waals surface area (Å²) in [5, 5.41) is 11.6. The van der Waals surface area contributed by atoms with E-state index >= 15 is 0 Å². The van der Waals surface area contributed by atoms with Crippen molar-refractivity contribution in [2.45, 2.75) is 26.3 Å². The second-order valence-corrected chi connectivity index (χ2v) is 2.90. The molecule has 60 valence electrons. The van der Waals surface area contributed by atoms with Crippen LogP contribution in [0.15, 0.2) is 0 Å². The minimum absolute atomic E-state index is 0.0916. The van der Waals surface area contributed by atoms with E-state index in [-0.39, 0.29) is 6.04 Å². The Bertz CT molecular complexity index is 171. The van der Waals surface area contributed by atoms with Crippen LogP contribution in [0.25, 0.3) is 0 Å². The van der Waals surface area contributed by atoms with Gasteiger partial charge in [-0.05, 0) is 12.3 Å². The molecule has 0 aliphatic carbocycles. The van der Waals surface area contributed by atoms with Crippen LogP contribution < -0.4 is 5.32 Å². The van der Waals surface area contributed by atoms with E-state index in [4.69, 9.17) is 11.7 Å². The topological polar surface area (TPSA) is 35.8 Å². The van der Waals surface area contributed by atoms with Gasteiger partial charge in [0.25, 0.3) is 0 Å². The van der Waals surface area contributed by atoms with Crippen LogP contribution in [0, 0.1) is 29.6 Å². The Labute approximate surface area is 68.6 Å². The summed E-state index contributed by atoms with van der Waals surface area (Å²) in [6, 6.07) is 2.07. The minimum atomic E-state index is -0.0916. The Morgan fingerprint density at radius 1 is 1.55 bits per heavy atom. The molecule has 0 saturated carbocycles. The average Bonchev–Trinajstić information content (AvgIpc) is 1.97. The molecule has 0 rings (SSSR count). The third kappa shape index (κ3) is 5.45. The zero-order valence-corrected chi connectivity index (χ0v) is 7.09. The van der Waals surface area contributed by atoms with Gasteiger partial charge in [-0.2, -0.15) is 5.26 Å². The fraction of sp³-hybridized carbons (Fsp3) is 0.667. The fourth-order valence-corrected chi connectivity index (χ4v) is 0.835. The monoisotopic (exact) mass is 150 g/mol. The first-order valence-electron chi connectivity index (χ1n) is 3.77. The molecule has 1 N–H and O–H groups in total. The predicted molar refractivity (Wildman–Crippen MR) is 45.7 cm³/mol. The zero-order chi connectivity index (χ0) is 8.69. The number of hydrogen-bond donors (Lipinski definition) is 1. The number of terminal acetylenes is 1. The number of hydrogen-bond acceptors (Lipinski definition) is 2. The molecule has 0 saturated heterocycles. The first kappa shape index (κ1) is 10.0. The molecule has 0 aromatic rings. The first-order chi connectivity index (χ1) is 5.20. The molecule has 0 spiro atoms. The van der Waals surface area contributed by atoms with E-state index in [2.05, 4.69) is 31.2 Å². The molecule has 0 heterocycles. The molecule has 0 radical (unpaired) electrons. The lowest BCUT2D eigenvalue weighted by Crippen LogP contribution is -2.29. The van der Waals surface area contributed by atoms with Gasteiger partial charge in [0.05, 0.1) is 18.7 Å². The predicted octanol–water partition coefficient (Wildman–Crippen LogP) is 1.15. The standard InChI is InChI=1S/C9H14N2/c1-4-5-11-9(7-10)6-8(2)3/h1,8-9,11H,5-6H2,2-3H3. The van der Waals surface area contributed by atoms with Gasteiger partial charge in [-0.3, -0.25) is 5.32 Å². The van der Waals surface area contributed by atoms with Crippen molar-refractivity contribution in [3.8, 4) is 18.4 Å². The van der Waals surface area contributed by atoms with Crippen molar-refractivity contribution in [3.05, 3.63) is 0 Å². The molecule has 0 amide bonds. The second kappa shape index (κ2) is 5.77. The van der Waals surface area contributed by atoms with Crippen LogP contribution in [0.1, 0.15) is 20.3 Å². The minimum Gasteiger partial charge on any atom is -0.291 e. The van der Waals surface area contributed by atoms with Gasteiger partial charge < -0.3 is 0 Å². The van der Waals surface area contributed by atoms with Gasteiger partial charge >= 0.3 is 0 Å². The van der Waals surface area contributed by atoms with E-state index in [1.54, 1.807) is 0 Å². The molecule has 11 heavy (non-hydrogen) atoms. The van der Waals surface area contributed by atoms with Crippen LogP contribution in [-0.4, -0.2) is 12.6 Å². The van der Waals surface area contributed by atoms with Crippen LogP contribution in [0.4, 0.5) is 0 Å². The van der Waals surface area contributed by atoms with Crippen molar-refractivity contribution in [1.29, 1.82) is 5.26 Å². The summed E-state index contributed by atoms with van der Waals surface area (Å²) in [7, 11) is 0. The second-order valence-electron chi connectivity index (χ2n) is 2.90. The molecule has 0 aromatic carbocycles. The first-order valence-corrected chi connectivity index (χ1v) is 3.77. The van der Waals surface area contributed by atoms with E-state index in [0.717, 1.165) is 6.42 Å². The Morgan fingerprint density at radius 3 is 2.55 bits per heavy atom. The van der Waals surface area contributed by atoms with Crippen molar-refractivity contribution in [2.24, 2.45) is 5.92 Å². The molecule has 0 aliphatic rings. The van der Waals surface area contributed by atoms with Gasteiger partial charge in [0, 0.05) is 0 Å². The van der Waals surface area contributed by atoms with Gasteiger partial charge in [-0.1, -0.05) is 19.8 Å². The third-order valence-corrected chi connectivity index (χ3v) is 1.31. The van der Waals surface area contributed by atoms with Crippen molar-refractivity contribution < 1.29 is 0 Å². The van der Waals surface area contributed by atoms with Gasteiger partial charge in [-0.25, -0.2) is 0 Å². The van der Waals surface area contributed by atoms with E-state index in [1.165, 1.54) is 0 Å². The quantitative estimate of drug-likeness (QED) is 0.610. The van der Waals surface area contributed by atoms with Crippen molar-refractivity contribution in [3.63, 3.8) is 0 Å². The fourth-order valence-electron chi connectivity index (χ4n) is 0.835. The molecule has 0 bridgehead atoms. The molecule has 0 aliphatic heterocycles. The Balaban J connectivity index is 3.62. The molecule has 2 heteroatoms. The number of rotatable bonds is 4. The summed E-state index contributed by atoms with van der Waals surface area (Å²) in [4.78, 5) is 0. The molecule has 0 aromatic heterocycles. The van der Waals surface area contributed by atoms with E-state index in [1.807, 2.05) is 0 Å². The van der Waals surface area contributed by atoms with Gasteiger partial charge in [0.15, 0.2) is 0 Å². The Morgan fingerprint density at radius 2 is 2.18 bits per heavy atom. The molecule has 1 unspecified atom stereocenters. The van der Waals surface area contributed by atoms with Crippen LogP contribution in [0.5, 0.6) is 0 Å². The maximum absolute atomic E-state index is 8.62. The lowest BCUT2D eigenvalue weighted by atomic mass is 10.1. The highest BCUT2D eigenvalue weighted by atomic mass is 14.9. The molecule has 0 fully saturated rings. The van der Waals surface area contributed by atoms with Crippen LogP contribution in [0.3, 0.4) is 0 Å². The van der Waals surface area contributed by atoms with Gasteiger partial charge in [0.2, 0.25) is 0 Å². The SMILES string of the molecule is C#CCNC(C#N)CC(C)C. The zero-order valence-electron chi connectivity index (χ0n) is 7.09. The summed E-state index contributed by atoms with van der Waals surface area (Å²) in [5.41, 5.74) is 0. The van der Waals surface area contributed by atoms with Crippen LogP contribution >= 0.6 is 0 Å². The number of nitriles is 1. The van der Waals surface area contributed by atoms with E-state index in [0.29, 0.717) is 12.5 Å². The smallest absolute Gasteiger partial charge is 0.0962 e. The summed E-state index contributed by atoms with van der Waals surface area (Å²) in [5.74, 6) is 2.98. The summed E-state index contributed by atoms with van der Waals surface area (Å²) in [6.45, 7) is 4.65. The largest absolute Gasteiger partial charge is 0.291 e. The Hall–Kier alpha value is -0.990.